The molecule has 3 heteroatoms. The Morgan fingerprint density at radius 2 is 2.33 bits per heavy atom. The highest BCUT2D eigenvalue weighted by Gasteiger charge is 2.34. The van der Waals surface area contributed by atoms with E-state index in [0.29, 0.717) is 6.42 Å². The van der Waals surface area contributed by atoms with Crippen molar-refractivity contribution in [2.75, 3.05) is 7.05 Å². The normalized spacial score (nSPS) is 35.9. The number of likely N-dealkylation sites (tertiary alicyclic amines) is 1. The summed E-state index contributed by atoms with van der Waals surface area (Å²) in [6.45, 7) is 1.84. The van der Waals surface area contributed by atoms with Crippen LogP contribution in [0.1, 0.15) is 13.3 Å². The number of amides is 1. The van der Waals surface area contributed by atoms with E-state index in [9.17, 15) is 9.18 Å². The maximum Gasteiger partial charge on any atom is 0.257 e. The van der Waals surface area contributed by atoms with Gasteiger partial charge in [0.25, 0.3) is 5.91 Å². The lowest BCUT2D eigenvalue weighted by atomic mass is 10.2. The smallest absolute Gasteiger partial charge is 0.257 e. The second-order valence-electron chi connectivity index (χ2n) is 2.50. The Kier molecular flexibility index (Phi) is 1.43. The first kappa shape index (κ1) is 6.52. The molecule has 2 nitrogen and oxygen atoms in total. The van der Waals surface area contributed by atoms with Crippen molar-refractivity contribution in [3.63, 3.8) is 0 Å². The Labute approximate surface area is 53.6 Å². The average Bonchev–Trinajstić information content (AvgIpc) is 1.98. The van der Waals surface area contributed by atoms with Crippen LogP contribution in [0.4, 0.5) is 4.39 Å². The summed E-state index contributed by atoms with van der Waals surface area (Å²) >= 11 is 0. The van der Waals surface area contributed by atoms with Crippen LogP contribution in [-0.4, -0.2) is 30.1 Å². The van der Waals surface area contributed by atoms with Crippen LogP contribution in [0.3, 0.4) is 0 Å². The van der Waals surface area contributed by atoms with Crippen LogP contribution >= 0.6 is 0 Å². The van der Waals surface area contributed by atoms with Gasteiger partial charge in [-0.3, -0.25) is 4.79 Å². The molecule has 1 heterocycles. The van der Waals surface area contributed by atoms with Gasteiger partial charge in [-0.25, -0.2) is 4.39 Å². The van der Waals surface area contributed by atoms with Gasteiger partial charge >= 0.3 is 0 Å². The Bertz CT molecular complexity index is 137. The van der Waals surface area contributed by atoms with Crippen LogP contribution in [0, 0.1) is 0 Å². The molecule has 1 saturated heterocycles. The molecule has 1 rings (SSSR count). The average molecular weight is 131 g/mol. The van der Waals surface area contributed by atoms with Gasteiger partial charge in [-0.15, -0.1) is 0 Å². The van der Waals surface area contributed by atoms with Crippen molar-refractivity contribution < 1.29 is 9.18 Å². The molecule has 1 amide bonds. The first-order chi connectivity index (χ1) is 4.13. The summed E-state index contributed by atoms with van der Waals surface area (Å²) in [6, 6.07) is 0.0764. The topological polar surface area (TPSA) is 20.3 Å². The van der Waals surface area contributed by atoms with Crippen molar-refractivity contribution in [2.24, 2.45) is 0 Å². The molecule has 0 aliphatic carbocycles. The zero-order chi connectivity index (χ0) is 7.02. The van der Waals surface area contributed by atoms with E-state index in [2.05, 4.69) is 0 Å². The summed E-state index contributed by atoms with van der Waals surface area (Å²) in [4.78, 5) is 12.1. The van der Waals surface area contributed by atoms with E-state index in [-0.39, 0.29) is 11.9 Å². The fourth-order valence-corrected chi connectivity index (χ4v) is 0.997. The first-order valence-electron chi connectivity index (χ1n) is 3.03. The van der Waals surface area contributed by atoms with Gasteiger partial charge in [0.2, 0.25) is 0 Å². The number of hydrogen-bond acceptors (Lipinski definition) is 1. The molecule has 0 radical (unpaired) electrons. The number of rotatable bonds is 0. The molecule has 1 fully saturated rings. The van der Waals surface area contributed by atoms with E-state index in [1.54, 1.807) is 7.05 Å². The van der Waals surface area contributed by atoms with Crippen LogP contribution in [0.5, 0.6) is 0 Å². The van der Waals surface area contributed by atoms with Gasteiger partial charge in [-0.2, -0.15) is 0 Å². The summed E-state index contributed by atoms with van der Waals surface area (Å²) < 4.78 is 12.4. The molecule has 52 valence electrons. The molecule has 0 bridgehead atoms. The number of hydrogen-bond donors (Lipinski definition) is 0. The van der Waals surface area contributed by atoms with E-state index in [4.69, 9.17) is 0 Å². The predicted octanol–water partition coefficient (Wildman–Crippen LogP) is 0.575. The summed E-state index contributed by atoms with van der Waals surface area (Å²) in [5, 5.41) is 0. The van der Waals surface area contributed by atoms with Crippen LogP contribution in [0.25, 0.3) is 0 Å². The minimum Gasteiger partial charge on any atom is -0.340 e. The Balaban J connectivity index is 2.65. The van der Waals surface area contributed by atoms with Crippen LogP contribution in [0.2, 0.25) is 0 Å². The van der Waals surface area contributed by atoms with Crippen molar-refractivity contribution in [1.29, 1.82) is 0 Å². The summed E-state index contributed by atoms with van der Waals surface area (Å²) in [5.41, 5.74) is 0. The summed E-state index contributed by atoms with van der Waals surface area (Å²) in [6.07, 6.45) is -0.889. The fourth-order valence-electron chi connectivity index (χ4n) is 0.997. The van der Waals surface area contributed by atoms with Crippen molar-refractivity contribution >= 4 is 5.91 Å². The van der Waals surface area contributed by atoms with E-state index < -0.39 is 6.17 Å². The Morgan fingerprint density at radius 1 is 1.78 bits per heavy atom. The van der Waals surface area contributed by atoms with Crippen molar-refractivity contribution in [3.05, 3.63) is 0 Å². The molecule has 0 aromatic heterocycles. The third-order valence-electron chi connectivity index (χ3n) is 1.82. The molecule has 0 aromatic carbocycles. The molecule has 0 N–H and O–H groups in total. The molecule has 9 heavy (non-hydrogen) atoms. The number of nitrogens with zero attached hydrogens (tertiary/aromatic N) is 1. The molecule has 1 unspecified atom stereocenters. The highest BCUT2D eigenvalue weighted by molar-refractivity contribution is 5.83. The zero-order valence-corrected chi connectivity index (χ0v) is 5.60. The van der Waals surface area contributed by atoms with Crippen molar-refractivity contribution in [3.8, 4) is 0 Å². The quantitative estimate of drug-likeness (QED) is 0.470. The third-order valence-corrected chi connectivity index (χ3v) is 1.82. The number of alkyl halides is 1. The standard InChI is InChI=1S/C6H10FNO/c1-4-3-5(7)6(9)8(4)2/h4-5H,3H2,1-2H3/t4-,5?/m1/s1. The second kappa shape index (κ2) is 1.97. The number of carbonyl (C=O) groups is 1. The van der Waals surface area contributed by atoms with Gasteiger partial charge in [0.05, 0.1) is 0 Å². The molecule has 1 aliphatic rings. The lowest BCUT2D eigenvalue weighted by molar-refractivity contribution is -0.131. The molecular weight excluding hydrogens is 121 g/mol. The number of halogens is 1. The van der Waals surface area contributed by atoms with E-state index in [1.807, 2.05) is 6.92 Å². The highest BCUT2D eigenvalue weighted by atomic mass is 19.1. The summed E-state index contributed by atoms with van der Waals surface area (Å²) in [7, 11) is 1.63. The van der Waals surface area contributed by atoms with E-state index in [1.165, 1.54) is 4.90 Å². The maximum atomic E-state index is 12.4. The highest BCUT2D eigenvalue weighted by Crippen LogP contribution is 2.18. The SMILES string of the molecule is C[C@@H]1CC(F)C(=O)N1C. The zero-order valence-electron chi connectivity index (χ0n) is 5.60. The first-order valence-corrected chi connectivity index (χ1v) is 3.03. The largest absolute Gasteiger partial charge is 0.340 e. The minimum absolute atomic E-state index is 0.0764. The lowest BCUT2D eigenvalue weighted by Crippen LogP contribution is -2.27. The van der Waals surface area contributed by atoms with Gasteiger partial charge in [-0.05, 0) is 6.92 Å². The van der Waals surface area contributed by atoms with E-state index in [0.717, 1.165) is 0 Å². The van der Waals surface area contributed by atoms with Gasteiger partial charge in [0.1, 0.15) is 0 Å². The monoisotopic (exact) mass is 131 g/mol. The third kappa shape index (κ3) is 0.910. The van der Waals surface area contributed by atoms with Crippen LogP contribution in [-0.2, 0) is 4.79 Å². The van der Waals surface area contributed by atoms with Gasteiger partial charge in [-0.1, -0.05) is 0 Å². The molecule has 0 spiro atoms. The minimum atomic E-state index is -1.25. The Hall–Kier alpha value is -0.600. The lowest BCUT2D eigenvalue weighted by Gasteiger charge is -2.12. The van der Waals surface area contributed by atoms with E-state index >= 15 is 0 Å². The molecule has 2 atom stereocenters. The molecule has 1 aliphatic heterocycles. The molecular formula is C6H10FNO. The summed E-state index contributed by atoms with van der Waals surface area (Å²) in [5.74, 6) is -0.373. The van der Waals surface area contributed by atoms with Crippen molar-refractivity contribution in [1.82, 2.24) is 4.90 Å². The van der Waals surface area contributed by atoms with Crippen LogP contribution < -0.4 is 0 Å². The number of carbonyl (C=O) groups excluding carboxylic acids is 1. The molecule has 0 saturated carbocycles. The van der Waals surface area contributed by atoms with Gasteiger partial charge in [0.15, 0.2) is 6.17 Å². The van der Waals surface area contributed by atoms with Crippen LogP contribution in [0.15, 0.2) is 0 Å². The van der Waals surface area contributed by atoms with Gasteiger partial charge in [0, 0.05) is 19.5 Å². The predicted molar refractivity (Wildman–Crippen MR) is 31.7 cm³/mol. The van der Waals surface area contributed by atoms with Crippen molar-refractivity contribution in [2.45, 2.75) is 25.6 Å². The maximum absolute atomic E-state index is 12.4. The molecule has 0 aromatic rings. The Morgan fingerprint density at radius 3 is 2.44 bits per heavy atom. The second-order valence-corrected chi connectivity index (χ2v) is 2.50. The fraction of sp³-hybridized carbons (Fsp3) is 0.833. The van der Waals surface area contributed by atoms with Gasteiger partial charge < -0.3 is 4.90 Å².